The number of hydrogen-bond donors (Lipinski definition) is 3. The van der Waals surface area contributed by atoms with Gasteiger partial charge in [0.1, 0.15) is 0 Å². The molecule has 3 unspecified atom stereocenters. The van der Waals surface area contributed by atoms with Crippen molar-refractivity contribution in [3.05, 3.63) is 0 Å². The number of carbonyl (C=O) groups is 1. The summed E-state index contributed by atoms with van der Waals surface area (Å²) in [4.78, 5) is 10.5. The Morgan fingerprint density at radius 3 is 2.94 bits per heavy atom. The Morgan fingerprint density at radius 1 is 1.47 bits per heavy atom. The van der Waals surface area contributed by atoms with E-state index in [1.807, 2.05) is 0 Å². The van der Waals surface area contributed by atoms with Gasteiger partial charge in [-0.15, -0.1) is 0 Å². The summed E-state index contributed by atoms with van der Waals surface area (Å²) >= 11 is 0. The molecule has 2 fully saturated rings. The molecule has 5 nitrogen and oxygen atoms in total. The van der Waals surface area contributed by atoms with Crippen LogP contribution >= 0.6 is 0 Å². The molecule has 0 spiro atoms. The molecule has 1 saturated heterocycles. The van der Waals surface area contributed by atoms with Gasteiger partial charge in [0.25, 0.3) is 0 Å². The molecule has 1 saturated carbocycles. The van der Waals surface area contributed by atoms with Gasteiger partial charge in [-0.3, -0.25) is 0 Å². The molecule has 0 radical (unpaired) electrons. The predicted molar refractivity (Wildman–Crippen MR) is 65.6 cm³/mol. The third-order valence-corrected chi connectivity index (χ3v) is 4.12. The monoisotopic (exact) mass is 241 g/mol. The number of fused-ring (bicyclic) bond motifs is 1. The van der Waals surface area contributed by atoms with Gasteiger partial charge in [-0.1, -0.05) is 13.8 Å². The summed E-state index contributed by atoms with van der Waals surface area (Å²) < 4.78 is 5.84. The molecule has 0 bridgehead atoms. The van der Waals surface area contributed by atoms with E-state index >= 15 is 0 Å². The average Bonchev–Trinajstić information content (AvgIpc) is 2.28. The molecule has 1 aliphatic heterocycles. The second-order valence-electron chi connectivity index (χ2n) is 5.64. The molecule has 1 heterocycles. The van der Waals surface area contributed by atoms with Gasteiger partial charge in [0.2, 0.25) is 0 Å². The highest BCUT2D eigenvalue weighted by Crippen LogP contribution is 2.51. The molecule has 5 heteroatoms. The van der Waals surface area contributed by atoms with E-state index in [0.717, 1.165) is 19.6 Å². The van der Waals surface area contributed by atoms with Crippen LogP contribution in [0.1, 0.15) is 26.7 Å². The normalized spacial score (nSPS) is 34.6. The predicted octanol–water partition coefficient (Wildman–Crippen LogP) is 0.448. The number of primary amides is 1. The first-order valence-corrected chi connectivity index (χ1v) is 6.42. The van der Waals surface area contributed by atoms with E-state index in [-0.39, 0.29) is 5.41 Å². The van der Waals surface area contributed by atoms with Crippen LogP contribution in [-0.2, 0) is 4.74 Å². The Kier molecular flexibility index (Phi) is 3.58. The van der Waals surface area contributed by atoms with Gasteiger partial charge in [0.05, 0.1) is 6.10 Å². The summed E-state index contributed by atoms with van der Waals surface area (Å²) in [5.74, 6) is 0.632. The highest BCUT2D eigenvalue weighted by Gasteiger charge is 2.57. The minimum Gasteiger partial charge on any atom is -0.377 e. The van der Waals surface area contributed by atoms with Gasteiger partial charge in [-0.2, -0.15) is 0 Å². The molecule has 17 heavy (non-hydrogen) atoms. The third kappa shape index (κ3) is 2.40. The van der Waals surface area contributed by atoms with Crippen molar-refractivity contribution in [2.75, 3.05) is 19.7 Å². The molecule has 0 aromatic rings. The highest BCUT2D eigenvalue weighted by atomic mass is 16.5. The molecular weight excluding hydrogens is 218 g/mol. The van der Waals surface area contributed by atoms with E-state index in [4.69, 9.17) is 10.5 Å². The zero-order valence-electron chi connectivity index (χ0n) is 10.7. The summed E-state index contributed by atoms with van der Waals surface area (Å²) in [7, 11) is 0. The zero-order valence-corrected chi connectivity index (χ0v) is 10.7. The van der Waals surface area contributed by atoms with Crippen molar-refractivity contribution in [2.45, 2.75) is 38.8 Å². The minimum absolute atomic E-state index is 0.192. The van der Waals surface area contributed by atoms with Crippen LogP contribution in [0.15, 0.2) is 0 Å². The maximum atomic E-state index is 10.5. The summed E-state index contributed by atoms with van der Waals surface area (Å²) in [5, 5.41) is 6.11. The molecule has 4 N–H and O–H groups in total. The van der Waals surface area contributed by atoms with Crippen LogP contribution in [0, 0.1) is 11.3 Å². The maximum Gasteiger partial charge on any atom is 0.312 e. The lowest BCUT2D eigenvalue weighted by atomic mass is 9.55. The summed E-state index contributed by atoms with van der Waals surface area (Å²) in [6.07, 6.45) is 2.81. The number of nitrogens with one attached hydrogen (secondary N) is 2. The Labute approximate surface area is 102 Å². The van der Waals surface area contributed by atoms with E-state index in [0.29, 0.717) is 24.6 Å². The van der Waals surface area contributed by atoms with E-state index in [9.17, 15) is 4.79 Å². The Morgan fingerprint density at radius 2 is 2.24 bits per heavy atom. The Bertz CT molecular complexity index is 293. The van der Waals surface area contributed by atoms with Gasteiger partial charge in [-0.05, 0) is 12.8 Å². The van der Waals surface area contributed by atoms with Gasteiger partial charge >= 0.3 is 6.03 Å². The van der Waals surface area contributed by atoms with Crippen molar-refractivity contribution in [2.24, 2.45) is 17.1 Å². The van der Waals surface area contributed by atoms with Gasteiger partial charge in [0.15, 0.2) is 0 Å². The Balaban J connectivity index is 1.78. The first-order valence-electron chi connectivity index (χ1n) is 6.42. The van der Waals surface area contributed by atoms with E-state index in [2.05, 4.69) is 24.5 Å². The van der Waals surface area contributed by atoms with Crippen LogP contribution in [0.4, 0.5) is 4.79 Å². The fourth-order valence-electron chi connectivity index (χ4n) is 3.35. The molecule has 2 rings (SSSR count). The van der Waals surface area contributed by atoms with Crippen LogP contribution in [0.2, 0.25) is 0 Å². The lowest BCUT2D eigenvalue weighted by Gasteiger charge is -2.60. The van der Waals surface area contributed by atoms with Crippen molar-refractivity contribution in [1.82, 2.24) is 10.6 Å². The fourth-order valence-corrected chi connectivity index (χ4v) is 3.35. The molecule has 3 atom stereocenters. The number of hydrogen-bond acceptors (Lipinski definition) is 3. The van der Waals surface area contributed by atoms with Crippen LogP contribution in [-0.4, -0.2) is 37.9 Å². The largest absolute Gasteiger partial charge is 0.377 e. The van der Waals surface area contributed by atoms with Crippen molar-refractivity contribution in [3.63, 3.8) is 0 Å². The summed E-state index contributed by atoms with van der Waals surface area (Å²) in [6.45, 7) is 6.75. The number of ether oxygens (including phenoxy) is 1. The van der Waals surface area contributed by atoms with Crippen LogP contribution in [0.5, 0.6) is 0 Å². The van der Waals surface area contributed by atoms with Gasteiger partial charge in [0, 0.05) is 37.1 Å². The zero-order chi connectivity index (χ0) is 12.5. The molecule has 2 amide bonds. The molecule has 0 aromatic carbocycles. The third-order valence-electron chi connectivity index (χ3n) is 4.12. The maximum absolute atomic E-state index is 10.5. The van der Waals surface area contributed by atoms with Gasteiger partial charge < -0.3 is 21.1 Å². The molecule has 1 aliphatic carbocycles. The number of nitrogens with two attached hydrogens (primary N) is 1. The molecule has 2 aliphatic rings. The quantitative estimate of drug-likeness (QED) is 0.625. The SMILES string of the molecule is CC1(C)C(NCCNC(N)=O)C2CCCOC21. The smallest absolute Gasteiger partial charge is 0.312 e. The standard InChI is InChI=1S/C12H23N3O2/c1-12(2)9(14-5-6-15-11(13)16)8-4-3-7-17-10(8)12/h8-10,14H,3-7H2,1-2H3,(H3,13,15,16). The first-order chi connectivity index (χ1) is 8.03. The second kappa shape index (κ2) is 4.82. The van der Waals surface area contributed by atoms with Gasteiger partial charge in [-0.25, -0.2) is 4.79 Å². The van der Waals surface area contributed by atoms with Crippen LogP contribution in [0.25, 0.3) is 0 Å². The van der Waals surface area contributed by atoms with E-state index in [1.165, 1.54) is 6.42 Å². The highest BCUT2D eigenvalue weighted by molar-refractivity contribution is 5.71. The number of rotatable bonds is 4. The van der Waals surface area contributed by atoms with Crippen molar-refractivity contribution < 1.29 is 9.53 Å². The van der Waals surface area contributed by atoms with Crippen molar-refractivity contribution >= 4 is 6.03 Å². The summed E-state index contributed by atoms with van der Waals surface area (Å²) in [6, 6.07) is 0.0287. The lowest BCUT2D eigenvalue weighted by Crippen LogP contribution is -2.69. The van der Waals surface area contributed by atoms with E-state index in [1.54, 1.807) is 0 Å². The van der Waals surface area contributed by atoms with Crippen LogP contribution < -0.4 is 16.4 Å². The van der Waals surface area contributed by atoms with E-state index < -0.39 is 6.03 Å². The minimum atomic E-state index is -0.460. The number of amides is 2. The Hall–Kier alpha value is -0.810. The summed E-state index contributed by atoms with van der Waals surface area (Å²) in [5.41, 5.74) is 5.21. The topological polar surface area (TPSA) is 76.4 Å². The molecular formula is C12H23N3O2. The number of urea groups is 1. The molecule has 0 aromatic heterocycles. The average molecular weight is 241 g/mol. The van der Waals surface area contributed by atoms with Crippen molar-refractivity contribution in [3.8, 4) is 0 Å². The molecule has 98 valence electrons. The number of carbonyl (C=O) groups excluding carboxylic acids is 1. The first kappa shape index (κ1) is 12.6. The fraction of sp³-hybridized carbons (Fsp3) is 0.917. The van der Waals surface area contributed by atoms with Crippen LogP contribution in [0.3, 0.4) is 0 Å². The van der Waals surface area contributed by atoms with Crippen molar-refractivity contribution in [1.29, 1.82) is 0 Å². The lowest BCUT2D eigenvalue weighted by molar-refractivity contribution is -0.192. The second-order valence-corrected chi connectivity index (χ2v) is 5.64.